The minimum Gasteiger partial charge on any atom is -0.379 e. The van der Waals surface area contributed by atoms with Gasteiger partial charge in [-0.2, -0.15) is 0 Å². The second-order valence-corrected chi connectivity index (χ2v) is 7.03. The highest BCUT2D eigenvalue weighted by molar-refractivity contribution is 6.31. The van der Waals surface area contributed by atoms with Crippen LogP contribution in [0.15, 0.2) is 53.5 Å². The van der Waals surface area contributed by atoms with Crippen molar-refractivity contribution in [2.24, 2.45) is 4.99 Å². The Balaban J connectivity index is 1.71. The van der Waals surface area contributed by atoms with Gasteiger partial charge < -0.3 is 10.1 Å². The number of rotatable bonds is 5. The molecule has 3 rings (SSSR count). The van der Waals surface area contributed by atoms with Gasteiger partial charge in [0.25, 0.3) is 5.91 Å². The molecule has 2 N–H and O–H groups in total. The fraction of sp³-hybridized carbons (Fsp3) is 0.333. The van der Waals surface area contributed by atoms with E-state index in [1.165, 1.54) is 0 Å². The Hall–Kier alpha value is -2.41. The van der Waals surface area contributed by atoms with Gasteiger partial charge in [-0.25, -0.2) is 0 Å². The average Bonchev–Trinajstić information content (AvgIpc) is 2.72. The van der Waals surface area contributed by atoms with Crippen molar-refractivity contribution in [1.29, 1.82) is 0 Å². The second-order valence-electron chi connectivity index (χ2n) is 6.59. The van der Waals surface area contributed by atoms with E-state index in [0.29, 0.717) is 23.1 Å². The van der Waals surface area contributed by atoms with Gasteiger partial charge in [0, 0.05) is 35.9 Å². The van der Waals surface area contributed by atoms with Gasteiger partial charge in [0.15, 0.2) is 0 Å². The zero-order valence-corrected chi connectivity index (χ0v) is 16.7. The molecule has 7 heteroatoms. The standard InChI is InChI=1S/C21H25ClN4O2/c1-16-7-8-18(22)15-19(16)24-21(23-9-10-26-11-13-28-14-12-26)25-20(27)17-5-3-2-4-6-17/h2-8,15H,9-14H2,1H3,(H2,23,24,25,27). The van der Waals surface area contributed by atoms with Crippen molar-refractivity contribution in [3.05, 3.63) is 64.7 Å². The fourth-order valence-corrected chi connectivity index (χ4v) is 3.04. The molecule has 1 aliphatic rings. The molecular formula is C21H25ClN4O2. The Kier molecular flexibility index (Phi) is 7.42. The number of carbonyl (C=O) groups excluding carboxylic acids is 1. The topological polar surface area (TPSA) is 66.0 Å². The number of guanidine groups is 1. The Bertz CT molecular complexity index is 820. The van der Waals surface area contributed by atoms with Gasteiger partial charge in [0.1, 0.15) is 0 Å². The molecule has 2 aromatic carbocycles. The van der Waals surface area contributed by atoms with Crippen LogP contribution in [0.2, 0.25) is 5.02 Å². The van der Waals surface area contributed by atoms with Gasteiger partial charge in [-0.15, -0.1) is 0 Å². The molecule has 0 atom stereocenters. The highest BCUT2D eigenvalue weighted by Crippen LogP contribution is 2.20. The molecule has 0 spiro atoms. The van der Waals surface area contributed by atoms with E-state index in [1.807, 2.05) is 43.3 Å². The first-order valence-electron chi connectivity index (χ1n) is 9.36. The monoisotopic (exact) mass is 400 g/mol. The van der Waals surface area contributed by atoms with Gasteiger partial charge in [-0.3, -0.25) is 20.0 Å². The summed E-state index contributed by atoms with van der Waals surface area (Å²) in [5, 5.41) is 6.72. The molecule has 0 bridgehead atoms. The van der Waals surface area contributed by atoms with Crippen molar-refractivity contribution in [2.75, 3.05) is 44.7 Å². The zero-order valence-electron chi connectivity index (χ0n) is 16.0. The molecule has 1 amide bonds. The van der Waals surface area contributed by atoms with Crippen molar-refractivity contribution in [3.8, 4) is 0 Å². The van der Waals surface area contributed by atoms with E-state index in [9.17, 15) is 4.79 Å². The molecule has 0 aromatic heterocycles. The number of hydrogen-bond acceptors (Lipinski definition) is 4. The third kappa shape index (κ3) is 6.05. The van der Waals surface area contributed by atoms with Gasteiger partial charge in [0.05, 0.1) is 19.8 Å². The lowest BCUT2D eigenvalue weighted by Gasteiger charge is -2.25. The van der Waals surface area contributed by atoms with E-state index in [4.69, 9.17) is 16.3 Å². The lowest BCUT2D eigenvalue weighted by Crippen LogP contribution is -2.39. The smallest absolute Gasteiger partial charge is 0.257 e. The fourth-order valence-electron chi connectivity index (χ4n) is 2.86. The second kappa shape index (κ2) is 10.2. The molecule has 1 heterocycles. The van der Waals surface area contributed by atoms with Crippen molar-refractivity contribution in [1.82, 2.24) is 10.2 Å². The molecule has 0 saturated carbocycles. The van der Waals surface area contributed by atoms with Crippen molar-refractivity contribution in [3.63, 3.8) is 0 Å². The largest absolute Gasteiger partial charge is 0.379 e. The number of anilines is 1. The molecular weight excluding hydrogens is 376 g/mol. The summed E-state index contributed by atoms with van der Waals surface area (Å²) in [6.07, 6.45) is 0. The van der Waals surface area contributed by atoms with Crippen LogP contribution in [0, 0.1) is 6.92 Å². The predicted octanol–water partition coefficient (Wildman–Crippen LogP) is 3.18. The van der Waals surface area contributed by atoms with Gasteiger partial charge >= 0.3 is 0 Å². The number of aliphatic imine (C=N–C) groups is 1. The highest BCUT2D eigenvalue weighted by atomic mass is 35.5. The van der Waals surface area contributed by atoms with Gasteiger partial charge in [-0.1, -0.05) is 35.9 Å². The predicted molar refractivity (Wildman–Crippen MR) is 113 cm³/mol. The number of benzene rings is 2. The highest BCUT2D eigenvalue weighted by Gasteiger charge is 2.12. The van der Waals surface area contributed by atoms with Gasteiger partial charge in [-0.05, 0) is 36.8 Å². The van der Waals surface area contributed by atoms with E-state index < -0.39 is 0 Å². The number of nitrogens with zero attached hydrogens (tertiary/aromatic N) is 2. The first kappa shape index (κ1) is 20.3. The van der Waals surface area contributed by atoms with E-state index in [2.05, 4.69) is 20.5 Å². The van der Waals surface area contributed by atoms with E-state index in [1.54, 1.807) is 12.1 Å². The maximum Gasteiger partial charge on any atom is 0.257 e. The van der Waals surface area contributed by atoms with E-state index in [-0.39, 0.29) is 5.91 Å². The van der Waals surface area contributed by atoms with E-state index >= 15 is 0 Å². The van der Waals surface area contributed by atoms with Crippen LogP contribution < -0.4 is 10.6 Å². The summed E-state index contributed by atoms with van der Waals surface area (Å²) in [5.41, 5.74) is 2.40. The van der Waals surface area contributed by atoms with Crippen molar-refractivity contribution >= 4 is 29.2 Å². The number of carbonyl (C=O) groups is 1. The van der Waals surface area contributed by atoms with Gasteiger partial charge in [0.2, 0.25) is 5.96 Å². The summed E-state index contributed by atoms with van der Waals surface area (Å²) in [4.78, 5) is 19.5. The normalized spacial score (nSPS) is 15.3. The summed E-state index contributed by atoms with van der Waals surface area (Å²) in [7, 11) is 0. The zero-order chi connectivity index (χ0) is 19.8. The number of morpholine rings is 1. The Morgan fingerprint density at radius 1 is 1.18 bits per heavy atom. The number of nitrogens with one attached hydrogen (secondary N) is 2. The molecule has 1 aliphatic heterocycles. The van der Waals surface area contributed by atoms with Crippen LogP contribution in [0.4, 0.5) is 5.69 Å². The van der Waals surface area contributed by atoms with E-state index in [0.717, 1.165) is 44.1 Å². The number of hydrogen-bond donors (Lipinski definition) is 2. The first-order chi connectivity index (χ1) is 13.6. The molecule has 0 aliphatic carbocycles. The van der Waals surface area contributed by atoms with Crippen LogP contribution >= 0.6 is 11.6 Å². The lowest BCUT2D eigenvalue weighted by molar-refractivity contribution is 0.0394. The molecule has 6 nitrogen and oxygen atoms in total. The molecule has 28 heavy (non-hydrogen) atoms. The number of ether oxygens (including phenoxy) is 1. The lowest BCUT2D eigenvalue weighted by atomic mass is 10.2. The van der Waals surface area contributed by atoms with Crippen LogP contribution in [0.3, 0.4) is 0 Å². The minimum atomic E-state index is -0.210. The Morgan fingerprint density at radius 3 is 2.68 bits per heavy atom. The first-order valence-corrected chi connectivity index (χ1v) is 9.74. The minimum absolute atomic E-state index is 0.210. The average molecular weight is 401 g/mol. The van der Waals surface area contributed by atoms with Crippen molar-refractivity contribution < 1.29 is 9.53 Å². The molecule has 1 saturated heterocycles. The van der Waals surface area contributed by atoms with Crippen LogP contribution in [0.25, 0.3) is 0 Å². The molecule has 1 fully saturated rings. The summed E-state index contributed by atoms with van der Waals surface area (Å²) >= 11 is 6.12. The SMILES string of the molecule is Cc1ccc(Cl)cc1NC(=NCCN1CCOCC1)NC(=O)c1ccccc1. The molecule has 0 unspecified atom stereocenters. The third-order valence-electron chi connectivity index (χ3n) is 4.51. The summed E-state index contributed by atoms with van der Waals surface area (Å²) in [6.45, 7) is 6.66. The van der Waals surface area contributed by atoms with Crippen LogP contribution in [-0.2, 0) is 4.74 Å². The number of halogens is 1. The Labute approximate surface area is 170 Å². The van der Waals surface area contributed by atoms with Crippen molar-refractivity contribution in [2.45, 2.75) is 6.92 Å². The van der Waals surface area contributed by atoms with Crippen LogP contribution in [-0.4, -0.2) is 56.2 Å². The maximum atomic E-state index is 12.6. The third-order valence-corrected chi connectivity index (χ3v) is 4.75. The van der Waals surface area contributed by atoms with Crippen LogP contribution in [0.5, 0.6) is 0 Å². The maximum absolute atomic E-state index is 12.6. The number of amides is 1. The van der Waals surface area contributed by atoms with Crippen LogP contribution in [0.1, 0.15) is 15.9 Å². The summed E-state index contributed by atoms with van der Waals surface area (Å²) in [5.74, 6) is 0.199. The Morgan fingerprint density at radius 2 is 1.93 bits per heavy atom. The molecule has 2 aromatic rings. The molecule has 0 radical (unpaired) electrons. The quantitative estimate of drug-likeness (QED) is 0.597. The summed E-state index contributed by atoms with van der Waals surface area (Å²) in [6, 6.07) is 14.7. The molecule has 148 valence electrons. The summed E-state index contributed by atoms with van der Waals surface area (Å²) < 4.78 is 5.37. The number of aryl methyl sites for hydroxylation is 1.